The zero-order valence-corrected chi connectivity index (χ0v) is 11.2. The van der Waals surface area contributed by atoms with E-state index in [2.05, 4.69) is 11.9 Å². The molecule has 4 nitrogen and oxygen atoms in total. The lowest BCUT2D eigenvalue weighted by Crippen LogP contribution is -2.51. The van der Waals surface area contributed by atoms with Crippen LogP contribution in [-0.4, -0.2) is 49.5 Å². The van der Waals surface area contributed by atoms with Crippen molar-refractivity contribution in [2.75, 3.05) is 27.2 Å². The van der Waals surface area contributed by atoms with Crippen molar-refractivity contribution in [3.05, 3.63) is 23.8 Å². The first-order chi connectivity index (χ1) is 8.58. The van der Waals surface area contributed by atoms with Crippen molar-refractivity contribution in [3.8, 4) is 11.5 Å². The quantitative estimate of drug-likeness (QED) is 0.857. The molecule has 2 rings (SSSR count). The maximum Gasteiger partial charge on any atom is 0.161 e. The molecule has 0 bridgehead atoms. The van der Waals surface area contributed by atoms with Gasteiger partial charge in [-0.15, -0.1) is 0 Å². The Bertz CT molecular complexity index is 400. The summed E-state index contributed by atoms with van der Waals surface area (Å²) in [6, 6.07) is 5.82. The molecule has 1 heterocycles. The van der Waals surface area contributed by atoms with E-state index in [-0.39, 0.29) is 12.2 Å². The van der Waals surface area contributed by atoms with Crippen LogP contribution < -0.4 is 9.47 Å². The average molecular weight is 251 g/mol. The van der Waals surface area contributed by atoms with E-state index in [1.54, 1.807) is 14.0 Å². The van der Waals surface area contributed by atoms with Crippen LogP contribution in [0.4, 0.5) is 0 Å². The van der Waals surface area contributed by atoms with E-state index in [4.69, 9.17) is 9.47 Å². The van der Waals surface area contributed by atoms with Crippen molar-refractivity contribution in [2.45, 2.75) is 25.6 Å². The Kier molecular flexibility index (Phi) is 4.09. The molecule has 4 heteroatoms. The zero-order chi connectivity index (χ0) is 13.1. The van der Waals surface area contributed by atoms with E-state index >= 15 is 0 Å². The van der Waals surface area contributed by atoms with Crippen LogP contribution >= 0.6 is 0 Å². The summed E-state index contributed by atoms with van der Waals surface area (Å²) in [5.74, 6) is 1.52. The van der Waals surface area contributed by atoms with Crippen LogP contribution in [0.1, 0.15) is 12.5 Å². The van der Waals surface area contributed by atoms with Gasteiger partial charge in [0.05, 0.1) is 13.2 Å². The monoisotopic (exact) mass is 251 g/mol. The van der Waals surface area contributed by atoms with Gasteiger partial charge in [0, 0.05) is 13.1 Å². The Balaban J connectivity index is 2.09. The molecule has 1 aliphatic heterocycles. The fourth-order valence-electron chi connectivity index (χ4n) is 2.18. The van der Waals surface area contributed by atoms with Crippen LogP contribution in [0.3, 0.4) is 0 Å². The summed E-state index contributed by atoms with van der Waals surface area (Å²) < 4.78 is 11.2. The molecule has 0 radical (unpaired) electrons. The standard InChI is InChI=1S/C14H21NO3/c1-10(16)6-11-4-5-13(17-3)14(7-11)18-12-8-15(2)9-12/h4-5,7,10,12,16H,6,8-9H2,1-3H3. The van der Waals surface area contributed by atoms with Gasteiger partial charge < -0.3 is 14.6 Å². The van der Waals surface area contributed by atoms with E-state index in [1.807, 2.05) is 18.2 Å². The number of likely N-dealkylation sites (N-methyl/N-ethyl adjacent to an activating group) is 1. The lowest BCUT2D eigenvalue weighted by atomic mass is 10.1. The highest BCUT2D eigenvalue weighted by atomic mass is 16.5. The zero-order valence-electron chi connectivity index (χ0n) is 11.2. The van der Waals surface area contributed by atoms with Gasteiger partial charge in [0.2, 0.25) is 0 Å². The lowest BCUT2D eigenvalue weighted by molar-refractivity contribution is 0.0369. The molecule has 1 unspecified atom stereocenters. The van der Waals surface area contributed by atoms with Crippen LogP contribution in [0.2, 0.25) is 0 Å². The minimum absolute atomic E-state index is 0.241. The van der Waals surface area contributed by atoms with Crippen LogP contribution in [0.15, 0.2) is 18.2 Å². The van der Waals surface area contributed by atoms with Gasteiger partial charge in [-0.2, -0.15) is 0 Å². The fourth-order valence-corrected chi connectivity index (χ4v) is 2.18. The molecule has 1 saturated heterocycles. The molecule has 0 spiro atoms. The number of nitrogens with zero attached hydrogens (tertiary/aromatic N) is 1. The van der Waals surface area contributed by atoms with E-state index in [1.165, 1.54) is 0 Å². The molecule has 1 aromatic rings. The van der Waals surface area contributed by atoms with Gasteiger partial charge in [-0.05, 0) is 38.1 Å². The molecule has 0 aromatic heterocycles. The molecule has 18 heavy (non-hydrogen) atoms. The lowest BCUT2D eigenvalue weighted by Gasteiger charge is -2.36. The number of aliphatic hydroxyl groups is 1. The predicted molar refractivity (Wildman–Crippen MR) is 70.3 cm³/mol. The summed E-state index contributed by atoms with van der Waals surface area (Å²) in [7, 11) is 3.71. The number of ether oxygens (including phenoxy) is 2. The fraction of sp³-hybridized carbons (Fsp3) is 0.571. The van der Waals surface area contributed by atoms with Crippen molar-refractivity contribution in [1.82, 2.24) is 4.90 Å². The van der Waals surface area contributed by atoms with Crippen molar-refractivity contribution in [1.29, 1.82) is 0 Å². The Labute approximate surface area is 108 Å². The van der Waals surface area contributed by atoms with Crippen molar-refractivity contribution >= 4 is 0 Å². The first-order valence-electron chi connectivity index (χ1n) is 6.28. The first-order valence-corrected chi connectivity index (χ1v) is 6.28. The van der Waals surface area contributed by atoms with Crippen molar-refractivity contribution in [2.24, 2.45) is 0 Å². The molecule has 0 saturated carbocycles. The first kappa shape index (κ1) is 13.2. The molecule has 0 aliphatic carbocycles. The molecule has 1 N–H and O–H groups in total. The predicted octanol–water partition coefficient (Wildman–Crippen LogP) is 1.31. The molecule has 1 atom stereocenters. The third-order valence-corrected chi connectivity index (χ3v) is 3.08. The molecule has 1 aromatic carbocycles. The molecular formula is C14H21NO3. The maximum atomic E-state index is 9.42. The molecule has 1 fully saturated rings. The van der Waals surface area contributed by atoms with Crippen molar-refractivity contribution in [3.63, 3.8) is 0 Å². The van der Waals surface area contributed by atoms with E-state index < -0.39 is 0 Å². The summed E-state index contributed by atoms with van der Waals surface area (Å²) in [4.78, 5) is 2.21. The van der Waals surface area contributed by atoms with E-state index in [9.17, 15) is 5.11 Å². The number of aliphatic hydroxyl groups excluding tert-OH is 1. The topological polar surface area (TPSA) is 41.9 Å². The summed E-state index contributed by atoms with van der Waals surface area (Å²) in [6.45, 7) is 3.68. The molecule has 0 amide bonds. The van der Waals surface area contributed by atoms with Crippen molar-refractivity contribution < 1.29 is 14.6 Å². The SMILES string of the molecule is COc1ccc(CC(C)O)cc1OC1CN(C)C1. The summed E-state index contributed by atoms with van der Waals surface area (Å²) >= 11 is 0. The third-order valence-electron chi connectivity index (χ3n) is 3.08. The van der Waals surface area contributed by atoms with Crippen LogP contribution in [0.5, 0.6) is 11.5 Å². The highest BCUT2D eigenvalue weighted by molar-refractivity contribution is 5.43. The van der Waals surface area contributed by atoms with Gasteiger partial charge in [0.25, 0.3) is 0 Å². The Hall–Kier alpha value is -1.26. The Morgan fingerprint density at radius 2 is 2.11 bits per heavy atom. The van der Waals surface area contributed by atoms with E-state index in [0.29, 0.717) is 6.42 Å². The number of methoxy groups -OCH3 is 1. The number of likely N-dealkylation sites (tertiary alicyclic amines) is 1. The second-order valence-electron chi connectivity index (χ2n) is 5.00. The average Bonchev–Trinajstić information content (AvgIpc) is 2.26. The second kappa shape index (κ2) is 5.59. The van der Waals surface area contributed by atoms with Gasteiger partial charge in [-0.25, -0.2) is 0 Å². The van der Waals surface area contributed by atoms with Gasteiger partial charge in [-0.1, -0.05) is 6.07 Å². The molecular weight excluding hydrogens is 230 g/mol. The number of benzene rings is 1. The summed E-state index contributed by atoms with van der Waals surface area (Å²) in [5.41, 5.74) is 1.06. The minimum Gasteiger partial charge on any atom is -0.493 e. The van der Waals surface area contributed by atoms with Gasteiger partial charge in [-0.3, -0.25) is 4.90 Å². The smallest absolute Gasteiger partial charge is 0.161 e. The van der Waals surface area contributed by atoms with Gasteiger partial charge in [0.15, 0.2) is 11.5 Å². The third kappa shape index (κ3) is 3.15. The number of rotatable bonds is 5. The van der Waals surface area contributed by atoms with E-state index in [0.717, 1.165) is 30.2 Å². The van der Waals surface area contributed by atoms with Gasteiger partial charge in [0.1, 0.15) is 6.10 Å². The van der Waals surface area contributed by atoms with Crippen LogP contribution in [0.25, 0.3) is 0 Å². The van der Waals surface area contributed by atoms with Crippen LogP contribution in [0, 0.1) is 0 Å². The highest BCUT2D eigenvalue weighted by Gasteiger charge is 2.25. The maximum absolute atomic E-state index is 9.42. The number of hydrogen-bond acceptors (Lipinski definition) is 4. The summed E-state index contributed by atoms with van der Waals surface area (Å²) in [5, 5.41) is 9.42. The summed E-state index contributed by atoms with van der Waals surface area (Å²) in [6.07, 6.45) is 0.525. The minimum atomic E-state index is -0.346. The second-order valence-corrected chi connectivity index (χ2v) is 5.00. The molecule has 100 valence electrons. The Morgan fingerprint density at radius 1 is 1.39 bits per heavy atom. The molecule has 1 aliphatic rings. The Morgan fingerprint density at radius 3 is 2.67 bits per heavy atom. The number of hydrogen-bond donors (Lipinski definition) is 1. The normalized spacial score (nSPS) is 18.2. The van der Waals surface area contributed by atoms with Crippen LogP contribution in [-0.2, 0) is 6.42 Å². The largest absolute Gasteiger partial charge is 0.493 e. The van der Waals surface area contributed by atoms with Gasteiger partial charge >= 0.3 is 0 Å². The highest BCUT2D eigenvalue weighted by Crippen LogP contribution is 2.30.